The molecule has 0 saturated carbocycles. The predicted molar refractivity (Wildman–Crippen MR) is 92.1 cm³/mol. The molecule has 0 atom stereocenters. The number of hydrogen-bond acceptors (Lipinski definition) is 4. The van der Waals surface area contributed by atoms with Gasteiger partial charge in [0.25, 0.3) is 0 Å². The molecule has 0 aromatic carbocycles. The molecule has 1 aliphatic rings. The molecule has 0 saturated heterocycles. The van der Waals surface area contributed by atoms with Gasteiger partial charge in [0.05, 0.1) is 12.3 Å². The summed E-state index contributed by atoms with van der Waals surface area (Å²) in [6.45, 7) is 8.65. The number of thiol groups is 1. The van der Waals surface area contributed by atoms with Crippen molar-refractivity contribution in [3.8, 4) is 0 Å². The van der Waals surface area contributed by atoms with Crippen molar-refractivity contribution >= 4 is 18.3 Å². The standard InChI is InChI=1S/C15H26N2O.CH4S/c1-4-5-6-7-11-18-13(2)15(16)14-9-8-10-17(3)12-14;1-2/h9,16H,2,4-8,10-12H2,1,3H3;2H,1H3. The Labute approximate surface area is 130 Å². The third-order valence-electron chi connectivity index (χ3n) is 3.22. The number of nitrogens with one attached hydrogen (secondary N) is 1. The molecule has 1 heterocycles. The van der Waals surface area contributed by atoms with Crippen LogP contribution in [-0.4, -0.2) is 43.6 Å². The molecule has 1 aliphatic heterocycles. The lowest BCUT2D eigenvalue weighted by Crippen LogP contribution is -2.29. The summed E-state index contributed by atoms with van der Waals surface area (Å²) in [4.78, 5) is 2.22. The Bertz CT molecular complexity index is 326. The van der Waals surface area contributed by atoms with Gasteiger partial charge in [-0.2, -0.15) is 12.6 Å². The van der Waals surface area contributed by atoms with Crippen LogP contribution in [0.5, 0.6) is 0 Å². The summed E-state index contributed by atoms with van der Waals surface area (Å²) < 4.78 is 5.56. The fourth-order valence-corrected chi connectivity index (χ4v) is 2.05. The summed E-state index contributed by atoms with van der Waals surface area (Å²) in [5, 5.41) is 8.08. The first-order valence-corrected chi connectivity index (χ1v) is 8.28. The molecular weight excluding hydrogens is 268 g/mol. The lowest BCUT2D eigenvalue weighted by Gasteiger charge is -2.23. The van der Waals surface area contributed by atoms with E-state index in [1.807, 2.05) is 0 Å². The van der Waals surface area contributed by atoms with Crippen LogP contribution in [0.15, 0.2) is 24.0 Å². The Morgan fingerprint density at radius 1 is 1.40 bits per heavy atom. The first-order chi connectivity index (χ1) is 9.65. The number of nitrogens with zero attached hydrogens (tertiary/aromatic N) is 1. The summed E-state index contributed by atoms with van der Waals surface area (Å²) in [7, 11) is 2.08. The van der Waals surface area contributed by atoms with E-state index < -0.39 is 0 Å². The van der Waals surface area contributed by atoms with Crippen LogP contribution in [-0.2, 0) is 4.74 Å². The van der Waals surface area contributed by atoms with Crippen LogP contribution >= 0.6 is 12.6 Å². The third kappa shape index (κ3) is 7.75. The molecule has 0 spiro atoms. The average molecular weight is 298 g/mol. The molecule has 4 heteroatoms. The minimum absolute atomic E-state index is 0.469. The zero-order valence-electron chi connectivity index (χ0n) is 13.2. The Hall–Kier alpha value is -0.740. The second-order valence-electron chi connectivity index (χ2n) is 4.96. The number of allylic oxidation sites excluding steroid dienone is 1. The SMILES string of the molecule is C=C(OCCCCCC)C(=N)C1=CCCN(C)C1.CS. The van der Waals surface area contributed by atoms with E-state index in [9.17, 15) is 0 Å². The Balaban J connectivity index is 0.00000172. The molecule has 3 nitrogen and oxygen atoms in total. The van der Waals surface area contributed by atoms with E-state index in [0.29, 0.717) is 18.1 Å². The number of rotatable bonds is 8. The number of likely N-dealkylation sites (N-methyl/N-ethyl adjacent to an activating group) is 1. The van der Waals surface area contributed by atoms with E-state index in [0.717, 1.165) is 31.5 Å². The minimum atomic E-state index is 0.469. The Kier molecular flexibility index (Phi) is 11.6. The highest BCUT2D eigenvalue weighted by Crippen LogP contribution is 2.14. The monoisotopic (exact) mass is 298 g/mol. The minimum Gasteiger partial charge on any atom is -0.492 e. The number of ether oxygens (including phenoxy) is 1. The fourth-order valence-electron chi connectivity index (χ4n) is 2.05. The quantitative estimate of drug-likeness (QED) is 0.308. The summed E-state index contributed by atoms with van der Waals surface area (Å²) in [5.74, 6) is 0.521. The summed E-state index contributed by atoms with van der Waals surface area (Å²) in [5.41, 5.74) is 1.51. The van der Waals surface area contributed by atoms with Gasteiger partial charge in [0.1, 0.15) is 5.76 Å². The third-order valence-corrected chi connectivity index (χ3v) is 3.22. The maximum absolute atomic E-state index is 8.08. The van der Waals surface area contributed by atoms with Gasteiger partial charge in [-0.05, 0) is 31.7 Å². The molecule has 0 aromatic heterocycles. The van der Waals surface area contributed by atoms with E-state index >= 15 is 0 Å². The maximum Gasteiger partial charge on any atom is 0.137 e. The second kappa shape index (κ2) is 12.0. The normalized spacial score (nSPS) is 14.9. The Morgan fingerprint density at radius 2 is 2.10 bits per heavy atom. The van der Waals surface area contributed by atoms with Gasteiger partial charge in [-0.25, -0.2) is 0 Å². The molecule has 0 aliphatic carbocycles. The molecule has 0 fully saturated rings. The molecule has 1 rings (SSSR count). The van der Waals surface area contributed by atoms with Gasteiger partial charge >= 0.3 is 0 Å². The zero-order valence-corrected chi connectivity index (χ0v) is 14.1. The molecule has 116 valence electrons. The van der Waals surface area contributed by atoms with Gasteiger partial charge in [-0.1, -0.05) is 38.8 Å². The van der Waals surface area contributed by atoms with Crippen LogP contribution < -0.4 is 0 Å². The van der Waals surface area contributed by atoms with Crippen molar-refractivity contribution in [3.63, 3.8) is 0 Å². The first-order valence-electron chi connectivity index (χ1n) is 7.38. The molecule has 0 amide bonds. The van der Waals surface area contributed by atoms with Crippen LogP contribution in [0.2, 0.25) is 0 Å². The van der Waals surface area contributed by atoms with E-state index in [1.165, 1.54) is 19.3 Å². The molecular formula is C16H30N2OS. The number of hydrogen-bond donors (Lipinski definition) is 2. The van der Waals surface area contributed by atoms with Gasteiger partial charge in [-0.3, -0.25) is 5.41 Å². The fraction of sp³-hybridized carbons (Fsp3) is 0.688. The van der Waals surface area contributed by atoms with Crippen molar-refractivity contribution in [3.05, 3.63) is 24.0 Å². The highest BCUT2D eigenvalue weighted by atomic mass is 32.1. The molecule has 0 unspecified atom stereocenters. The predicted octanol–water partition coefficient (Wildman–Crippen LogP) is 3.92. The van der Waals surface area contributed by atoms with Gasteiger partial charge in [0, 0.05) is 13.1 Å². The van der Waals surface area contributed by atoms with Crippen molar-refractivity contribution in [1.29, 1.82) is 5.41 Å². The van der Waals surface area contributed by atoms with E-state index in [4.69, 9.17) is 10.1 Å². The van der Waals surface area contributed by atoms with Crippen molar-refractivity contribution in [1.82, 2.24) is 4.90 Å². The largest absolute Gasteiger partial charge is 0.492 e. The van der Waals surface area contributed by atoms with Crippen LogP contribution in [0.4, 0.5) is 0 Å². The van der Waals surface area contributed by atoms with Gasteiger partial charge < -0.3 is 9.64 Å². The highest BCUT2D eigenvalue weighted by molar-refractivity contribution is 7.79. The molecule has 20 heavy (non-hydrogen) atoms. The van der Waals surface area contributed by atoms with Crippen LogP contribution in [0.3, 0.4) is 0 Å². The van der Waals surface area contributed by atoms with Gasteiger partial charge in [-0.15, -0.1) is 0 Å². The topological polar surface area (TPSA) is 36.3 Å². The van der Waals surface area contributed by atoms with Gasteiger partial charge in [0.2, 0.25) is 0 Å². The van der Waals surface area contributed by atoms with Crippen molar-refractivity contribution in [2.75, 3.05) is 33.0 Å². The Morgan fingerprint density at radius 3 is 2.70 bits per heavy atom. The summed E-state index contributed by atoms with van der Waals surface area (Å²) >= 11 is 3.53. The average Bonchev–Trinajstić information content (AvgIpc) is 2.48. The first kappa shape index (κ1) is 19.3. The molecule has 0 radical (unpaired) electrons. The van der Waals surface area contributed by atoms with E-state index in [1.54, 1.807) is 6.26 Å². The maximum atomic E-state index is 8.08. The lowest BCUT2D eigenvalue weighted by molar-refractivity contribution is 0.224. The van der Waals surface area contributed by atoms with Crippen LogP contribution in [0, 0.1) is 5.41 Å². The molecule has 0 aromatic rings. The molecule has 0 bridgehead atoms. The smallest absolute Gasteiger partial charge is 0.137 e. The molecule has 1 N–H and O–H groups in total. The van der Waals surface area contributed by atoms with Gasteiger partial charge in [0.15, 0.2) is 0 Å². The van der Waals surface area contributed by atoms with Crippen molar-refractivity contribution in [2.45, 2.75) is 39.0 Å². The van der Waals surface area contributed by atoms with Crippen molar-refractivity contribution in [2.24, 2.45) is 0 Å². The lowest BCUT2D eigenvalue weighted by atomic mass is 10.0. The number of unbranched alkanes of at least 4 members (excludes halogenated alkanes) is 3. The van der Waals surface area contributed by atoms with E-state index in [2.05, 4.69) is 44.2 Å². The van der Waals surface area contributed by atoms with Crippen LogP contribution in [0.1, 0.15) is 39.0 Å². The van der Waals surface area contributed by atoms with Crippen molar-refractivity contribution < 1.29 is 4.74 Å². The van der Waals surface area contributed by atoms with Crippen LogP contribution in [0.25, 0.3) is 0 Å². The zero-order chi connectivity index (χ0) is 15.4. The second-order valence-corrected chi connectivity index (χ2v) is 4.96. The summed E-state index contributed by atoms with van der Waals surface area (Å²) in [6.07, 6.45) is 9.58. The highest BCUT2D eigenvalue weighted by Gasteiger charge is 2.15. The summed E-state index contributed by atoms with van der Waals surface area (Å²) in [6, 6.07) is 0. The van der Waals surface area contributed by atoms with E-state index in [-0.39, 0.29) is 0 Å².